The molecule has 1 N–H and O–H groups in total. The van der Waals surface area contributed by atoms with Crippen molar-refractivity contribution in [3.8, 4) is 10.4 Å². The van der Waals surface area contributed by atoms with Crippen LogP contribution in [0, 0.1) is 0 Å². The summed E-state index contributed by atoms with van der Waals surface area (Å²) in [5, 5.41) is 8.43. The summed E-state index contributed by atoms with van der Waals surface area (Å²) in [6.45, 7) is 0.813. The molecular formula is C15H11BrClNS2. The zero-order valence-corrected chi connectivity index (χ0v) is 14.4. The van der Waals surface area contributed by atoms with Crippen molar-refractivity contribution >= 4 is 55.9 Å². The molecule has 0 unspecified atom stereocenters. The molecule has 0 amide bonds. The van der Waals surface area contributed by atoms with Crippen molar-refractivity contribution < 1.29 is 0 Å². The Labute approximate surface area is 139 Å². The second-order valence-electron chi connectivity index (χ2n) is 4.26. The van der Waals surface area contributed by atoms with Crippen LogP contribution < -0.4 is 5.32 Å². The topological polar surface area (TPSA) is 12.0 Å². The van der Waals surface area contributed by atoms with Gasteiger partial charge in [0.1, 0.15) is 0 Å². The van der Waals surface area contributed by atoms with Crippen LogP contribution in [0.5, 0.6) is 0 Å². The smallest absolute Gasteiger partial charge is 0.0568 e. The van der Waals surface area contributed by atoms with E-state index >= 15 is 0 Å². The van der Waals surface area contributed by atoms with Gasteiger partial charge in [0.2, 0.25) is 0 Å². The van der Waals surface area contributed by atoms with Gasteiger partial charge in [-0.2, -0.15) is 0 Å². The largest absolute Gasteiger partial charge is 0.380 e. The molecule has 3 rings (SSSR count). The minimum absolute atomic E-state index is 0.723. The van der Waals surface area contributed by atoms with Crippen molar-refractivity contribution in [1.82, 2.24) is 0 Å². The molecule has 1 aromatic carbocycles. The van der Waals surface area contributed by atoms with Gasteiger partial charge in [0.25, 0.3) is 0 Å². The number of rotatable bonds is 4. The molecule has 2 heterocycles. The lowest BCUT2D eigenvalue weighted by Gasteiger charge is -2.05. The molecule has 0 aliphatic rings. The first-order valence-electron chi connectivity index (χ1n) is 6.02. The number of nitrogens with one attached hydrogen (secondary N) is 1. The first kappa shape index (κ1) is 14.1. The molecule has 0 saturated heterocycles. The van der Waals surface area contributed by atoms with Crippen LogP contribution in [0.3, 0.4) is 0 Å². The van der Waals surface area contributed by atoms with Crippen LogP contribution in [0.1, 0.15) is 4.88 Å². The van der Waals surface area contributed by atoms with E-state index in [1.54, 1.807) is 22.7 Å². The molecule has 5 heteroatoms. The van der Waals surface area contributed by atoms with Crippen LogP contribution in [0.2, 0.25) is 5.02 Å². The second-order valence-corrected chi connectivity index (χ2v) is 7.47. The van der Waals surface area contributed by atoms with E-state index in [4.69, 9.17) is 11.6 Å². The summed E-state index contributed by atoms with van der Waals surface area (Å²) in [7, 11) is 0. The minimum atomic E-state index is 0.723. The van der Waals surface area contributed by atoms with Gasteiger partial charge in [-0.1, -0.05) is 17.7 Å². The van der Waals surface area contributed by atoms with E-state index in [0.29, 0.717) is 0 Å². The third-order valence-electron chi connectivity index (χ3n) is 2.85. The predicted octanol–water partition coefficient (Wildman–Crippen LogP) is 6.50. The lowest BCUT2D eigenvalue weighted by Crippen LogP contribution is -1.96. The van der Waals surface area contributed by atoms with E-state index in [1.807, 2.05) is 18.2 Å². The molecule has 0 aliphatic heterocycles. The van der Waals surface area contributed by atoms with Gasteiger partial charge < -0.3 is 5.32 Å². The minimum Gasteiger partial charge on any atom is -0.380 e. The lowest BCUT2D eigenvalue weighted by atomic mass is 10.2. The highest BCUT2D eigenvalue weighted by molar-refractivity contribution is 9.10. The number of anilines is 1. The lowest BCUT2D eigenvalue weighted by molar-refractivity contribution is 1.19. The SMILES string of the molecule is Clc1cc(NCc2cc(-c3cccs3)cs2)ccc1Br. The van der Waals surface area contributed by atoms with Gasteiger partial charge in [-0.15, -0.1) is 22.7 Å². The van der Waals surface area contributed by atoms with Gasteiger partial charge in [-0.3, -0.25) is 0 Å². The van der Waals surface area contributed by atoms with Crippen LogP contribution in [0.15, 0.2) is 51.6 Å². The third-order valence-corrected chi connectivity index (χ3v) is 5.93. The van der Waals surface area contributed by atoms with Gasteiger partial charge in [0, 0.05) is 32.0 Å². The van der Waals surface area contributed by atoms with E-state index in [1.165, 1.54) is 15.3 Å². The van der Waals surface area contributed by atoms with Crippen molar-refractivity contribution in [2.75, 3.05) is 5.32 Å². The van der Waals surface area contributed by atoms with Crippen LogP contribution in [0.4, 0.5) is 5.69 Å². The maximum atomic E-state index is 6.08. The quantitative estimate of drug-likeness (QED) is 0.541. The number of halogens is 2. The molecular weight excluding hydrogens is 374 g/mol. The highest BCUT2D eigenvalue weighted by atomic mass is 79.9. The van der Waals surface area contributed by atoms with Crippen LogP contribution in [-0.4, -0.2) is 0 Å². The van der Waals surface area contributed by atoms with Crippen molar-refractivity contribution in [1.29, 1.82) is 0 Å². The Kier molecular flexibility index (Phi) is 4.46. The Morgan fingerprint density at radius 2 is 2.05 bits per heavy atom. The van der Waals surface area contributed by atoms with E-state index < -0.39 is 0 Å². The molecule has 0 aliphatic carbocycles. The maximum Gasteiger partial charge on any atom is 0.0568 e. The molecule has 2 aromatic heterocycles. The molecule has 0 bridgehead atoms. The van der Waals surface area contributed by atoms with Crippen molar-refractivity contribution in [3.05, 3.63) is 61.5 Å². The van der Waals surface area contributed by atoms with E-state index in [2.05, 4.69) is 50.2 Å². The van der Waals surface area contributed by atoms with Crippen LogP contribution in [0.25, 0.3) is 10.4 Å². The molecule has 3 aromatic rings. The van der Waals surface area contributed by atoms with E-state index in [-0.39, 0.29) is 0 Å². The molecule has 102 valence electrons. The summed E-state index contributed by atoms with van der Waals surface area (Å²) in [5.74, 6) is 0. The summed E-state index contributed by atoms with van der Waals surface area (Å²) in [6, 6.07) is 12.4. The number of hydrogen-bond donors (Lipinski definition) is 1. The fourth-order valence-electron chi connectivity index (χ4n) is 1.84. The molecule has 0 spiro atoms. The van der Waals surface area contributed by atoms with Crippen molar-refractivity contribution in [3.63, 3.8) is 0 Å². The molecule has 0 atom stereocenters. The highest BCUT2D eigenvalue weighted by Gasteiger charge is 2.04. The Morgan fingerprint density at radius 3 is 2.80 bits per heavy atom. The zero-order chi connectivity index (χ0) is 13.9. The molecule has 0 saturated carbocycles. The standard InChI is InChI=1S/C15H11BrClNS2/c16-13-4-3-11(7-14(13)17)18-8-12-6-10(9-20-12)15-2-1-5-19-15/h1-7,9,18H,8H2. The first-order chi connectivity index (χ1) is 9.72. The Balaban J connectivity index is 1.68. The average Bonchev–Trinajstić information content (AvgIpc) is 3.09. The zero-order valence-electron chi connectivity index (χ0n) is 10.4. The maximum absolute atomic E-state index is 6.08. The predicted molar refractivity (Wildman–Crippen MR) is 94.1 cm³/mol. The highest BCUT2D eigenvalue weighted by Crippen LogP contribution is 2.30. The fraction of sp³-hybridized carbons (Fsp3) is 0.0667. The van der Waals surface area contributed by atoms with Gasteiger partial charge in [0.05, 0.1) is 5.02 Å². The molecule has 20 heavy (non-hydrogen) atoms. The summed E-state index contributed by atoms with van der Waals surface area (Å²) >= 11 is 13.0. The Hall–Kier alpha value is -0.810. The van der Waals surface area contributed by atoms with Crippen molar-refractivity contribution in [2.24, 2.45) is 0 Å². The van der Waals surface area contributed by atoms with Gasteiger partial charge >= 0.3 is 0 Å². The summed E-state index contributed by atoms with van der Waals surface area (Å²) in [4.78, 5) is 2.63. The normalized spacial score (nSPS) is 10.7. The monoisotopic (exact) mass is 383 g/mol. The number of thiophene rings is 2. The summed E-state index contributed by atoms with van der Waals surface area (Å²) in [6.07, 6.45) is 0. The van der Waals surface area contributed by atoms with Crippen molar-refractivity contribution in [2.45, 2.75) is 6.54 Å². The first-order valence-corrected chi connectivity index (χ1v) is 8.95. The fourth-order valence-corrected chi connectivity index (χ4v) is 3.88. The van der Waals surface area contributed by atoms with Gasteiger partial charge in [0.15, 0.2) is 0 Å². The van der Waals surface area contributed by atoms with Gasteiger partial charge in [-0.05, 0) is 57.0 Å². The number of benzene rings is 1. The van der Waals surface area contributed by atoms with E-state index in [0.717, 1.165) is 21.7 Å². The molecule has 0 fully saturated rings. The summed E-state index contributed by atoms with van der Waals surface area (Å²) < 4.78 is 0.917. The molecule has 1 nitrogen and oxygen atoms in total. The Morgan fingerprint density at radius 1 is 1.15 bits per heavy atom. The third kappa shape index (κ3) is 3.26. The van der Waals surface area contributed by atoms with Crippen LogP contribution >= 0.6 is 50.2 Å². The van der Waals surface area contributed by atoms with E-state index in [9.17, 15) is 0 Å². The average molecular weight is 385 g/mol. The Bertz CT molecular complexity index is 706. The summed E-state index contributed by atoms with van der Waals surface area (Å²) in [5.41, 5.74) is 2.33. The van der Waals surface area contributed by atoms with Crippen LogP contribution in [-0.2, 0) is 6.54 Å². The number of hydrogen-bond acceptors (Lipinski definition) is 3. The van der Waals surface area contributed by atoms with Gasteiger partial charge in [-0.25, -0.2) is 0 Å². The molecule has 0 radical (unpaired) electrons. The second kappa shape index (κ2) is 6.31.